The lowest BCUT2D eigenvalue weighted by molar-refractivity contribution is 0.864. The molecule has 0 aliphatic rings. The van der Waals surface area contributed by atoms with Crippen molar-refractivity contribution in [2.24, 2.45) is 0 Å². The molecule has 0 heterocycles. The monoisotopic (exact) mass is 701 g/mol. The fourth-order valence-corrected chi connectivity index (χ4v) is 1.06. The van der Waals surface area contributed by atoms with Crippen LogP contribution in [0.15, 0.2) is 52.6 Å². The van der Waals surface area contributed by atoms with Gasteiger partial charge in [-0.3, -0.25) is 0 Å². The molecule has 0 aromatic heterocycles. The molecule has 0 nitrogen and oxygen atoms in total. The van der Waals surface area contributed by atoms with Gasteiger partial charge in [-0.15, -0.1) is 71.9 Å². The van der Waals surface area contributed by atoms with E-state index in [1.165, 1.54) is 38.5 Å². The number of unbranched alkanes of at least 4 members (excludes halogenated alkanes) is 15. The van der Waals surface area contributed by atoms with Crippen molar-refractivity contribution in [2.75, 3.05) is 0 Å². The van der Waals surface area contributed by atoms with E-state index in [9.17, 15) is 0 Å². The van der Waals surface area contributed by atoms with Crippen molar-refractivity contribution in [1.29, 1.82) is 0 Å². The molecule has 0 heteroatoms. The summed E-state index contributed by atoms with van der Waals surface area (Å²) in [6.45, 7) is 88.9. The first-order valence-electron chi connectivity index (χ1n) is 18.5. The van der Waals surface area contributed by atoms with Gasteiger partial charge >= 0.3 is 0 Å². The summed E-state index contributed by atoms with van der Waals surface area (Å²) in [7, 11) is 0. The Hall–Kier alpha value is -2.21. The first kappa shape index (κ1) is 86.4. The van der Waals surface area contributed by atoms with Crippen LogP contribution in [0.5, 0.6) is 0 Å². The Bertz CT molecular complexity index is 187. The molecule has 0 fully saturated rings. The largest absolute Gasteiger partial charge is 0.343 e. The second kappa shape index (κ2) is 207. The average Bonchev–Trinajstić information content (AvgIpc) is 3.18. The van der Waals surface area contributed by atoms with Crippen LogP contribution in [-0.2, 0) is 0 Å². The van der Waals surface area contributed by atoms with E-state index >= 15 is 0 Å². The summed E-state index contributed by atoms with van der Waals surface area (Å²) >= 11 is 0. The third-order valence-electron chi connectivity index (χ3n) is 3.75. The highest BCUT2D eigenvalue weighted by Crippen LogP contribution is 1.89. The van der Waals surface area contributed by atoms with Crippen LogP contribution in [0, 0.1) is 125 Å². The average molecular weight is 701 g/mol. The van der Waals surface area contributed by atoms with Crippen molar-refractivity contribution in [3.05, 3.63) is 177 Å². The zero-order valence-corrected chi connectivity index (χ0v) is 35.4. The molecule has 300 valence electrons. The van der Waals surface area contributed by atoms with Crippen molar-refractivity contribution < 1.29 is 0 Å². The predicted molar refractivity (Wildman–Crippen MR) is 252 cm³/mol. The summed E-state index contributed by atoms with van der Waals surface area (Å²) in [5.74, 6) is 0. The smallest absolute Gasteiger partial charge is 0.0826 e. The minimum Gasteiger partial charge on any atom is -0.343 e. The first-order chi connectivity index (χ1) is 24.2. The highest BCUT2D eigenvalue weighted by Gasteiger charge is 1.72. The molecule has 0 aromatic carbocycles. The van der Waals surface area contributed by atoms with Crippen LogP contribution in [-0.4, -0.2) is 0 Å². The van der Waals surface area contributed by atoms with Crippen molar-refractivity contribution in [2.45, 2.75) is 154 Å². The lowest BCUT2D eigenvalue weighted by atomic mass is 10.3. The van der Waals surface area contributed by atoms with E-state index in [4.69, 9.17) is 0 Å². The highest BCUT2D eigenvalue weighted by atomic mass is 13.8. The fraction of sp³-hybridized carbons (Fsp3) is 0.480. The van der Waals surface area contributed by atoms with Crippen molar-refractivity contribution in [1.82, 2.24) is 0 Å². The first-order valence-corrected chi connectivity index (χ1v) is 18.5. The van der Waals surface area contributed by atoms with Crippen molar-refractivity contribution >= 4 is 0 Å². The Morgan fingerprint density at radius 1 is 0.200 bits per heavy atom. The Labute approximate surface area is 330 Å². The number of hydrogen-bond donors (Lipinski definition) is 0. The molecule has 0 radical (unpaired) electrons. The normalized spacial score (nSPS) is 6.98. The lowest BCUT2D eigenvalue weighted by Gasteiger charge is -1.81. The predicted octanol–water partition coefficient (Wildman–Crippen LogP) is 18.5. The molecule has 0 spiro atoms. The molecule has 0 unspecified atom stereocenters. The Kier molecular flexibility index (Phi) is 357. The van der Waals surface area contributed by atoms with Crippen LogP contribution < -0.4 is 0 Å². The van der Waals surface area contributed by atoms with E-state index in [-0.39, 0.29) is 0 Å². The Balaban J connectivity index is -0.0000000273. The second-order valence-electron chi connectivity index (χ2n) is 8.49. The third kappa shape index (κ3) is 562. The van der Waals surface area contributed by atoms with Gasteiger partial charge in [0.25, 0.3) is 0 Å². The standard InChI is InChI=1S/6C5H10.3C4H8.4C2H4/c6*1-3-5-4-2;3*1-3-4-2;4*1-2/h6*1-5H2;3*1-4H2;4*1-2H2. The van der Waals surface area contributed by atoms with E-state index in [1.54, 1.807) is 0 Å². The zero-order valence-electron chi connectivity index (χ0n) is 35.4. The molecule has 0 bridgehead atoms. The minimum absolute atomic E-state index is 0.958. The summed E-state index contributed by atoms with van der Waals surface area (Å²) in [6.07, 6.45) is 25.1. The molecule has 50 heavy (non-hydrogen) atoms. The zero-order chi connectivity index (χ0) is 43.0. The Morgan fingerprint density at radius 3 is 0.280 bits per heavy atom. The number of rotatable bonds is 15. The molecular formula is C50H100. The van der Waals surface area contributed by atoms with Gasteiger partial charge in [0, 0.05) is 0 Å². The topological polar surface area (TPSA) is 0 Å². The maximum Gasteiger partial charge on any atom is 0.0826 e. The third-order valence-corrected chi connectivity index (χ3v) is 3.75. The molecular weight excluding hydrogens is 601 g/mol. The van der Waals surface area contributed by atoms with Crippen LogP contribution in [0.3, 0.4) is 0 Å². The van der Waals surface area contributed by atoms with Crippen LogP contribution in [0.25, 0.3) is 0 Å². The van der Waals surface area contributed by atoms with E-state index < -0.39 is 0 Å². The molecule has 0 aliphatic heterocycles. The van der Waals surface area contributed by atoms with Crippen LogP contribution in [0.4, 0.5) is 0 Å². The van der Waals surface area contributed by atoms with Gasteiger partial charge in [-0.05, 0) is 38.5 Å². The summed E-state index contributed by atoms with van der Waals surface area (Å²) in [4.78, 5) is 0. The van der Waals surface area contributed by atoms with Gasteiger partial charge in [-0.2, -0.15) is 38.5 Å². The SMILES string of the molecule is C=C.C=C.C=C.C=C.[CH2+]CCC[CH2-].[CH2+]CCC[CH2-].[CH2+]CCC[CH2-].[CH2+]CCC[CH2-].[CH2+]CCC[CH2-].[CH2+]CCC[CH2-].[CH2+]CC[CH2-].[CH2+]CC[CH2-].[CH2+]CC[CH2-]. The summed E-state index contributed by atoms with van der Waals surface area (Å²) in [5, 5.41) is 0. The quantitative estimate of drug-likeness (QED) is 0.118. The second-order valence-corrected chi connectivity index (χ2v) is 8.49. The highest BCUT2D eigenvalue weighted by molar-refractivity contribution is 4.44. The van der Waals surface area contributed by atoms with Crippen molar-refractivity contribution in [3.8, 4) is 0 Å². The van der Waals surface area contributed by atoms with E-state index in [1.807, 2.05) is 0 Å². The summed E-state index contributed by atoms with van der Waals surface area (Å²) in [5.41, 5.74) is 0. The fourth-order valence-electron chi connectivity index (χ4n) is 1.06. The van der Waals surface area contributed by atoms with Gasteiger partial charge in [0.05, 0.1) is 120 Å². The van der Waals surface area contributed by atoms with Gasteiger partial charge in [0.1, 0.15) is 0 Å². The molecule has 0 saturated carbocycles. The van der Waals surface area contributed by atoms with Crippen LogP contribution >= 0.6 is 0 Å². The van der Waals surface area contributed by atoms with Gasteiger partial charge < -0.3 is 62.3 Å². The molecule has 0 aliphatic carbocycles. The maximum atomic E-state index is 3.64. The minimum atomic E-state index is 0.958. The molecule has 0 rings (SSSR count). The van der Waals surface area contributed by atoms with E-state index in [2.05, 4.69) is 177 Å². The summed E-state index contributed by atoms with van der Waals surface area (Å²) in [6, 6.07) is 0. The molecule has 0 saturated heterocycles. The van der Waals surface area contributed by atoms with Gasteiger partial charge in [0.15, 0.2) is 0 Å². The van der Waals surface area contributed by atoms with E-state index in [0.29, 0.717) is 0 Å². The molecule has 0 atom stereocenters. The van der Waals surface area contributed by atoms with Crippen molar-refractivity contribution in [3.63, 3.8) is 0 Å². The number of hydrogen-bond acceptors (Lipinski definition) is 0. The van der Waals surface area contributed by atoms with Gasteiger partial charge in [-0.25, -0.2) is 0 Å². The molecule has 0 amide bonds. The maximum absolute atomic E-state index is 3.64. The molecule has 0 aromatic rings. The van der Waals surface area contributed by atoms with Gasteiger partial charge in [-0.1, -0.05) is 0 Å². The van der Waals surface area contributed by atoms with Crippen LogP contribution in [0.2, 0.25) is 0 Å². The van der Waals surface area contributed by atoms with Gasteiger partial charge in [0.2, 0.25) is 0 Å². The molecule has 0 N–H and O–H groups in total. The van der Waals surface area contributed by atoms with Crippen LogP contribution in [0.1, 0.15) is 154 Å². The lowest BCUT2D eigenvalue weighted by Crippen LogP contribution is -1.60. The van der Waals surface area contributed by atoms with E-state index in [0.717, 1.165) is 116 Å². The summed E-state index contributed by atoms with van der Waals surface area (Å²) < 4.78 is 0. The Morgan fingerprint density at radius 2 is 0.280 bits per heavy atom.